The molecule has 0 unspecified atom stereocenters. The van der Waals surface area contributed by atoms with Crippen LogP contribution in [-0.2, 0) is 10.0 Å². The van der Waals surface area contributed by atoms with Crippen LogP contribution in [0.1, 0.15) is 13.3 Å². The fourth-order valence-electron chi connectivity index (χ4n) is 1.42. The molecule has 0 aromatic heterocycles. The first-order chi connectivity index (χ1) is 8.43. The van der Waals surface area contributed by atoms with Gasteiger partial charge in [-0.25, -0.2) is 8.42 Å². The molecule has 1 aromatic carbocycles. The van der Waals surface area contributed by atoms with Gasteiger partial charge in [-0.2, -0.15) is 4.31 Å². The van der Waals surface area contributed by atoms with Gasteiger partial charge in [-0.15, -0.1) is 6.42 Å². The van der Waals surface area contributed by atoms with Crippen molar-refractivity contribution in [3.8, 4) is 12.3 Å². The number of hydrogen-bond acceptors (Lipinski definition) is 2. The van der Waals surface area contributed by atoms with Crippen LogP contribution in [0.15, 0.2) is 23.1 Å². The number of benzene rings is 1. The molecule has 18 heavy (non-hydrogen) atoms. The fraction of sp³-hybridized carbons (Fsp3) is 0.333. The highest BCUT2D eigenvalue weighted by molar-refractivity contribution is 7.89. The molecule has 0 aliphatic heterocycles. The normalized spacial score (nSPS) is 11.5. The van der Waals surface area contributed by atoms with E-state index in [0.29, 0.717) is 18.0 Å². The van der Waals surface area contributed by atoms with Crippen LogP contribution in [0.25, 0.3) is 0 Å². The Morgan fingerprint density at radius 2 is 2.00 bits per heavy atom. The highest BCUT2D eigenvalue weighted by Gasteiger charge is 2.23. The number of rotatable bonds is 5. The Hall–Kier alpha value is -0.730. The maximum absolute atomic E-state index is 12.3. The first-order valence-corrected chi connectivity index (χ1v) is 7.51. The van der Waals surface area contributed by atoms with Gasteiger partial charge in [0.25, 0.3) is 0 Å². The largest absolute Gasteiger partial charge is 0.243 e. The summed E-state index contributed by atoms with van der Waals surface area (Å²) in [6.07, 6.45) is 5.87. The first kappa shape index (κ1) is 15.3. The summed E-state index contributed by atoms with van der Waals surface area (Å²) in [7, 11) is -3.62. The van der Waals surface area contributed by atoms with Crippen LogP contribution in [0.3, 0.4) is 0 Å². The van der Waals surface area contributed by atoms with Crippen molar-refractivity contribution in [1.82, 2.24) is 4.31 Å². The first-order valence-electron chi connectivity index (χ1n) is 5.32. The predicted molar refractivity (Wildman–Crippen MR) is 74.3 cm³/mol. The summed E-state index contributed by atoms with van der Waals surface area (Å²) in [4.78, 5) is 0.0978. The van der Waals surface area contributed by atoms with Crippen LogP contribution in [0.5, 0.6) is 0 Å². The number of halogens is 2. The lowest BCUT2D eigenvalue weighted by molar-refractivity contribution is 0.445. The minimum absolute atomic E-state index is 0.0381. The molecule has 0 spiro atoms. The summed E-state index contributed by atoms with van der Waals surface area (Å²) >= 11 is 11.6. The van der Waals surface area contributed by atoms with Crippen LogP contribution in [0, 0.1) is 12.3 Å². The Bertz CT molecular complexity index is 564. The third-order valence-corrected chi connectivity index (χ3v) is 4.85. The van der Waals surface area contributed by atoms with Gasteiger partial charge >= 0.3 is 0 Å². The minimum Gasteiger partial charge on any atom is -0.207 e. The van der Waals surface area contributed by atoms with Gasteiger partial charge in [-0.1, -0.05) is 36.0 Å². The molecule has 0 radical (unpaired) electrons. The zero-order valence-electron chi connectivity index (χ0n) is 9.86. The smallest absolute Gasteiger partial charge is 0.207 e. The maximum atomic E-state index is 12.3. The SMILES string of the molecule is C#CCN(CCC)S(=O)(=O)c1ccc(Cl)c(Cl)c1. The second-order valence-corrected chi connectivity index (χ2v) is 6.37. The van der Waals surface area contributed by atoms with E-state index in [2.05, 4.69) is 5.92 Å². The molecule has 0 aliphatic rings. The second kappa shape index (κ2) is 6.44. The molecule has 0 atom stereocenters. The van der Waals surface area contributed by atoms with Crippen molar-refractivity contribution in [3.63, 3.8) is 0 Å². The Labute approximate surface area is 118 Å². The van der Waals surface area contributed by atoms with E-state index in [1.165, 1.54) is 22.5 Å². The number of sulfonamides is 1. The molecule has 0 heterocycles. The van der Waals surface area contributed by atoms with Crippen LogP contribution < -0.4 is 0 Å². The summed E-state index contributed by atoms with van der Waals surface area (Å²) in [5.41, 5.74) is 0. The van der Waals surface area contributed by atoms with E-state index < -0.39 is 10.0 Å². The van der Waals surface area contributed by atoms with Crippen LogP contribution in [-0.4, -0.2) is 25.8 Å². The average Bonchev–Trinajstić information content (AvgIpc) is 2.32. The number of terminal acetylenes is 1. The molecule has 1 rings (SSSR count). The predicted octanol–water partition coefficient (Wildman–Crippen LogP) is 3.03. The molecule has 0 aliphatic carbocycles. The summed E-state index contributed by atoms with van der Waals surface area (Å²) < 4.78 is 25.9. The zero-order valence-corrected chi connectivity index (χ0v) is 12.2. The molecule has 6 heteroatoms. The molecule has 0 bridgehead atoms. The molecule has 0 saturated heterocycles. The molecule has 98 valence electrons. The average molecular weight is 306 g/mol. The van der Waals surface area contributed by atoms with Gasteiger partial charge in [0.2, 0.25) is 10.0 Å². The summed E-state index contributed by atoms with van der Waals surface area (Å²) in [5.74, 6) is 2.34. The topological polar surface area (TPSA) is 37.4 Å². The monoisotopic (exact) mass is 305 g/mol. The van der Waals surface area contributed by atoms with Crippen molar-refractivity contribution in [2.45, 2.75) is 18.2 Å². The third-order valence-electron chi connectivity index (χ3n) is 2.27. The van der Waals surface area contributed by atoms with E-state index in [9.17, 15) is 8.42 Å². The lowest BCUT2D eigenvalue weighted by atomic mass is 10.4. The molecular weight excluding hydrogens is 293 g/mol. The molecule has 0 fully saturated rings. The van der Waals surface area contributed by atoms with E-state index in [1.807, 2.05) is 6.92 Å². The highest BCUT2D eigenvalue weighted by atomic mass is 35.5. The van der Waals surface area contributed by atoms with E-state index >= 15 is 0 Å². The lowest BCUT2D eigenvalue weighted by Crippen LogP contribution is -2.32. The van der Waals surface area contributed by atoms with Gasteiger partial charge in [0.05, 0.1) is 21.5 Å². The van der Waals surface area contributed by atoms with Gasteiger partial charge in [-0.3, -0.25) is 0 Å². The Balaban J connectivity index is 3.18. The van der Waals surface area contributed by atoms with Crippen LogP contribution in [0.4, 0.5) is 0 Å². The van der Waals surface area contributed by atoms with Crippen molar-refractivity contribution < 1.29 is 8.42 Å². The van der Waals surface area contributed by atoms with E-state index in [0.717, 1.165) is 0 Å². The second-order valence-electron chi connectivity index (χ2n) is 3.62. The Morgan fingerprint density at radius 3 is 2.50 bits per heavy atom. The molecule has 0 amide bonds. The maximum Gasteiger partial charge on any atom is 0.243 e. The lowest BCUT2D eigenvalue weighted by Gasteiger charge is -2.19. The van der Waals surface area contributed by atoms with E-state index in [4.69, 9.17) is 29.6 Å². The number of hydrogen-bond donors (Lipinski definition) is 0. The molecule has 1 aromatic rings. The van der Waals surface area contributed by atoms with Crippen LogP contribution in [0.2, 0.25) is 10.0 Å². The van der Waals surface area contributed by atoms with Crippen molar-refractivity contribution in [2.24, 2.45) is 0 Å². The van der Waals surface area contributed by atoms with Gasteiger partial charge in [0, 0.05) is 6.54 Å². The van der Waals surface area contributed by atoms with Crippen molar-refractivity contribution in [3.05, 3.63) is 28.2 Å². The van der Waals surface area contributed by atoms with Gasteiger partial charge in [0.15, 0.2) is 0 Å². The molecule has 0 saturated carbocycles. The Morgan fingerprint density at radius 1 is 1.33 bits per heavy atom. The van der Waals surface area contributed by atoms with Crippen molar-refractivity contribution >= 4 is 33.2 Å². The van der Waals surface area contributed by atoms with Crippen LogP contribution >= 0.6 is 23.2 Å². The summed E-state index contributed by atoms with van der Waals surface area (Å²) in [5, 5.41) is 0.518. The number of nitrogens with zero attached hydrogens (tertiary/aromatic N) is 1. The van der Waals surface area contributed by atoms with Gasteiger partial charge in [-0.05, 0) is 24.6 Å². The van der Waals surface area contributed by atoms with Gasteiger partial charge in [0.1, 0.15) is 0 Å². The van der Waals surface area contributed by atoms with E-state index in [-0.39, 0.29) is 16.5 Å². The molecule has 3 nitrogen and oxygen atoms in total. The standard InChI is InChI=1S/C12H13Cl2NO2S/c1-3-7-15(8-4-2)18(16,17)10-5-6-11(13)12(14)9-10/h1,5-6,9H,4,7-8H2,2H3. The van der Waals surface area contributed by atoms with E-state index in [1.54, 1.807) is 0 Å². The summed E-state index contributed by atoms with van der Waals surface area (Å²) in [6, 6.07) is 4.21. The molecular formula is C12H13Cl2NO2S. The summed E-state index contributed by atoms with van der Waals surface area (Å²) in [6.45, 7) is 2.29. The molecule has 0 N–H and O–H groups in total. The minimum atomic E-state index is -3.62. The zero-order chi connectivity index (χ0) is 13.8. The third kappa shape index (κ3) is 3.39. The highest BCUT2D eigenvalue weighted by Crippen LogP contribution is 2.26. The van der Waals surface area contributed by atoms with Crippen molar-refractivity contribution in [1.29, 1.82) is 0 Å². The quantitative estimate of drug-likeness (QED) is 0.784. The van der Waals surface area contributed by atoms with Gasteiger partial charge < -0.3 is 0 Å². The Kier molecular flexibility index (Phi) is 5.48. The van der Waals surface area contributed by atoms with Crippen molar-refractivity contribution in [2.75, 3.05) is 13.1 Å². The fourth-order valence-corrected chi connectivity index (χ4v) is 3.26.